The van der Waals surface area contributed by atoms with Crippen LogP contribution in [0.2, 0.25) is 0 Å². The number of benzene rings is 3. The summed E-state index contributed by atoms with van der Waals surface area (Å²) in [6.45, 7) is 40.5. The Morgan fingerprint density at radius 2 is 1.44 bits per heavy atom. The molecule has 3 aromatic carbocycles. The predicted octanol–water partition coefficient (Wildman–Crippen LogP) is 16.7. The lowest BCUT2D eigenvalue weighted by Crippen LogP contribution is -2.27. The molecular formula is C66H76N2O4. The van der Waals surface area contributed by atoms with Crippen molar-refractivity contribution in [1.82, 2.24) is 0 Å². The van der Waals surface area contributed by atoms with E-state index >= 15 is 0 Å². The molecule has 6 nitrogen and oxygen atoms in total. The van der Waals surface area contributed by atoms with Crippen molar-refractivity contribution in [1.29, 1.82) is 0 Å². The van der Waals surface area contributed by atoms with Gasteiger partial charge >= 0.3 is 0 Å². The SMILES string of the molecule is C=C/C=C\C/C=C1\CC(C(/C(=C\C=C)C(=C/C=C)/C(C)=C\C)=C(/C)CN(/C(C=C)=C/C(=C\C)c2ccc3c(c2)C2(CC(C)(C)C(/C=C\C)=C2C=C)CC3(C)C)c2c(N)c(O)c(O)c(O)c2O)c2ccccc21. The molecule has 0 aliphatic heterocycles. The summed E-state index contributed by atoms with van der Waals surface area (Å²) in [5, 5.41) is 45.2. The van der Waals surface area contributed by atoms with Crippen molar-refractivity contribution in [2.75, 3.05) is 17.2 Å². The summed E-state index contributed by atoms with van der Waals surface area (Å²) in [6.07, 6.45) is 33.4. The predicted molar refractivity (Wildman–Crippen MR) is 307 cm³/mol. The molecule has 0 bridgehead atoms. The third-order valence-electron chi connectivity index (χ3n) is 15.1. The van der Waals surface area contributed by atoms with Crippen molar-refractivity contribution in [2.45, 2.75) is 105 Å². The fourth-order valence-electron chi connectivity index (χ4n) is 12.0. The van der Waals surface area contributed by atoms with Gasteiger partial charge in [0.1, 0.15) is 11.4 Å². The number of hydrogen-bond donors (Lipinski definition) is 5. The molecule has 0 heterocycles. The highest BCUT2D eigenvalue weighted by Crippen LogP contribution is 2.64. The molecular weight excluding hydrogens is 885 g/mol. The monoisotopic (exact) mass is 961 g/mol. The second-order valence-corrected chi connectivity index (χ2v) is 20.5. The fourth-order valence-corrected chi connectivity index (χ4v) is 12.0. The van der Waals surface area contributed by atoms with Crippen LogP contribution in [0.1, 0.15) is 122 Å². The molecule has 0 amide bonds. The number of nitrogen functional groups attached to an aromatic ring is 1. The minimum absolute atomic E-state index is 0.0767. The van der Waals surface area contributed by atoms with E-state index in [0.717, 1.165) is 63.8 Å². The summed E-state index contributed by atoms with van der Waals surface area (Å²) >= 11 is 0. The van der Waals surface area contributed by atoms with E-state index in [1.165, 1.54) is 33.4 Å². The quantitative estimate of drug-likeness (QED) is 0.0376. The van der Waals surface area contributed by atoms with Gasteiger partial charge in [-0.15, -0.1) is 0 Å². The van der Waals surface area contributed by atoms with E-state index < -0.39 is 23.0 Å². The van der Waals surface area contributed by atoms with Gasteiger partial charge in [-0.05, 0) is 167 Å². The molecule has 1 spiro atoms. The highest BCUT2D eigenvalue weighted by Gasteiger charge is 2.56. The van der Waals surface area contributed by atoms with E-state index in [-0.39, 0.29) is 40.1 Å². The van der Waals surface area contributed by atoms with Crippen molar-refractivity contribution < 1.29 is 20.4 Å². The van der Waals surface area contributed by atoms with Crippen LogP contribution >= 0.6 is 0 Å². The molecule has 0 fully saturated rings. The Kier molecular flexibility index (Phi) is 16.4. The Balaban J connectivity index is 1.65. The fraction of sp³-hybridized carbons (Fsp3) is 0.273. The van der Waals surface area contributed by atoms with Crippen LogP contribution in [0.15, 0.2) is 211 Å². The van der Waals surface area contributed by atoms with E-state index in [0.29, 0.717) is 12.1 Å². The summed E-state index contributed by atoms with van der Waals surface area (Å²) in [6, 6.07) is 15.3. The van der Waals surface area contributed by atoms with Gasteiger partial charge in [-0.1, -0.05) is 176 Å². The average molecular weight is 961 g/mol. The van der Waals surface area contributed by atoms with E-state index in [2.05, 4.69) is 166 Å². The Hall–Kier alpha value is -7.44. The molecule has 6 N–H and O–H groups in total. The van der Waals surface area contributed by atoms with Gasteiger partial charge in [0.05, 0.1) is 0 Å². The minimum Gasteiger partial charge on any atom is -0.503 e. The lowest BCUT2D eigenvalue weighted by molar-refractivity contribution is 0.319. The summed E-state index contributed by atoms with van der Waals surface area (Å²) in [4.78, 5) is 1.76. The number of nitrogens with two attached hydrogens (primary N) is 1. The van der Waals surface area contributed by atoms with Crippen LogP contribution in [-0.2, 0) is 10.8 Å². The maximum absolute atomic E-state index is 11.9. The molecule has 0 saturated carbocycles. The van der Waals surface area contributed by atoms with Crippen molar-refractivity contribution in [3.05, 3.63) is 239 Å². The lowest BCUT2D eigenvalue weighted by Gasteiger charge is -2.32. The van der Waals surface area contributed by atoms with Crippen molar-refractivity contribution >= 4 is 22.5 Å². The number of allylic oxidation sites excluding steroid dienone is 23. The molecule has 72 heavy (non-hydrogen) atoms. The molecule has 2 unspecified atom stereocenters. The molecule has 3 aliphatic carbocycles. The number of nitrogens with zero attached hydrogens (tertiary/aromatic N) is 1. The van der Waals surface area contributed by atoms with Crippen LogP contribution in [-0.4, -0.2) is 27.0 Å². The van der Waals surface area contributed by atoms with Gasteiger partial charge in [-0.25, -0.2) is 0 Å². The normalized spacial score (nSPS) is 20.9. The first-order chi connectivity index (χ1) is 34.3. The first-order valence-electron chi connectivity index (χ1n) is 25.0. The maximum atomic E-state index is 11.9. The van der Waals surface area contributed by atoms with E-state index in [1.54, 1.807) is 29.2 Å². The summed E-state index contributed by atoms with van der Waals surface area (Å²) in [7, 11) is 0. The van der Waals surface area contributed by atoms with Crippen LogP contribution in [0.3, 0.4) is 0 Å². The number of phenolic OH excluding ortho intramolecular Hbond substituents is 4. The Bertz CT molecular complexity index is 3010. The molecule has 3 aliphatic rings. The average Bonchev–Trinajstić information content (AvgIpc) is 3.91. The van der Waals surface area contributed by atoms with Crippen LogP contribution in [0.4, 0.5) is 11.4 Å². The number of phenols is 4. The van der Waals surface area contributed by atoms with Crippen LogP contribution < -0.4 is 10.6 Å². The zero-order valence-electron chi connectivity index (χ0n) is 44.2. The third-order valence-corrected chi connectivity index (χ3v) is 15.1. The Morgan fingerprint density at radius 1 is 0.778 bits per heavy atom. The lowest BCUT2D eigenvalue weighted by atomic mass is 9.71. The largest absolute Gasteiger partial charge is 0.503 e. The van der Waals surface area contributed by atoms with Gasteiger partial charge in [0, 0.05) is 23.6 Å². The zero-order valence-corrected chi connectivity index (χ0v) is 44.2. The van der Waals surface area contributed by atoms with Gasteiger partial charge in [-0.2, -0.15) is 0 Å². The maximum Gasteiger partial charge on any atom is 0.206 e. The first kappa shape index (κ1) is 53.9. The van der Waals surface area contributed by atoms with Crippen molar-refractivity contribution in [3.8, 4) is 23.0 Å². The highest BCUT2D eigenvalue weighted by molar-refractivity contribution is 5.90. The molecule has 374 valence electrons. The van der Waals surface area contributed by atoms with Crippen molar-refractivity contribution in [3.63, 3.8) is 0 Å². The van der Waals surface area contributed by atoms with Gasteiger partial charge < -0.3 is 31.1 Å². The van der Waals surface area contributed by atoms with Gasteiger partial charge in [0.2, 0.25) is 11.5 Å². The second-order valence-electron chi connectivity index (χ2n) is 20.5. The zero-order chi connectivity index (χ0) is 52.9. The van der Waals surface area contributed by atoms with Crippen LogP contribution in [0, 0.1) is 5.41 Å². The van der Waals surface area contributed by atoms with E-state index in [1.807, 2.05) is 38.2 Å². The van der Waals surface area contributed by atoms with E-state index in [9.17, 15) is 20.4 Å². The first-order valence-corrected chi connectivity index (χ1v) is 25.0. The van der Waals surface area contributed by atoms with Gasteiger partial charge in [-0.3, -0.25) is 0 Å². The molecule has 6 rings (SSSR count). The summed E-state index contributed by atoms with van der Waals surface area (Å²) < 4.78 is 0. The van der Waals surface area contributed by atoms with Crippen molar-refractivity contribution in [2.24, 2.45) is 5.41 Å². The summed E-state index contributed by atoms with van der Waals surface area (Å²) in [5.74, 6) is -3.40. The number of rotatable bonds is 18. The minimum atomic E-state index is -0.919. The molecule has 3 aromatic rings. The Morgan fingerprint density at radius 3 is 2.07 bits per heavy atom. The Labute approximate surface area is 430 Å². The standard InChI is InChI=1S/C66H76N2O4/c1-15-23-24-25-31-46-37-52(50-33-27-26-32-49(46)50)57(51(29-17-3)48(28-16-2)42(9)19-5)43(10)39-68(59-58(67)60(69)62(71)63(72)61(59)70)47(21-7)36-44(20-6)45-34-35-55-56(38-45)66(41-65(55,13)14)40-64(11,12)54(30-18-4)53(66)22-8/h15-24,26-36,38,52,69-72H,1-3,7-8,25,37,39-41,67H2,4-6,9-14H3/b24-23-,30-18-,42-19-,44-20+,46-31+,47-36+,48-28+,51-29-,57-43-. The number of fused-ring (bicyclic) bond motifs is 3. The van der Waals surface area contributed by atoms with E-state index in [4.69, 9.17) is 5.73 Å². The molecule has 2 atom stereocenters. The molecule has 0 saturated heterocycles. The van der Waals surface area contributed by atoms with Gasteiger partial charge in [0.15, 0.2) is 11.5 Å². The number of hydrogen-bond acceptors (Lipinski definition) is 6. The third kappa shape index (κ3) is 9.80. The number of anilines is 2. The highest BCUT2D eigenvalue weighted by atomic mass is 16.3. The second kappa shape index (κ2) is 21.9. The molecule has 0 aromatic heterocycles. The number of aromatic hydroxyl groups is 4. The topological polar surface area (TPSA) is 110 Å². The molecule has 0 radical (unpaired) electrons. The van der Waals surface area contributed by atoms with Gasteiger partial charge in [0.25, 0.3) is 0 Å². The van der Waals surface area contributed by atoms with Crippen LogP contribution in [0.5, 0.6) is 23.0 Å². The smallest absolute Gasteiger partial charge is 0.206 e. The molecule has 6 heteroatoms. The summed E-state index contributed by atoms with van der Waals surface area (Å²) in [5.41, 5.74) is 21.9. The van der Waals surface area contributed by atoms with Crippen LogP contribution in [0.25, 0.3) is 11.1 Å².